The van der Waals surface area contributed by atoms with Crippen LogP contribution in [0.15, 0.2) is 77.7 Å². The lowest BCUT2D eigenvalue weighted by Gasteiger charge is -2.33. The highest BCUT2D eigenvalue weighted by molar-refractivity contribution is 7.92. The zero-order chi connectivity index (χ0) is 29.7. The molecule has 3 aromatic rings. The average molecular weight is 616 g/mol. The van der Waals surface area contributed by atoms with Crippen molar-refractivity contribution in [2.24, 2.45) is 0 Å². The molecule has 0 aromatic heterocycles. The first-order chi connectivity index (χ1) is 18.8. The maximum absolute atomic E-state index is 13.8. The van der Waals surface area contributed by atoms with Gasteiger partial charge in [0.2, 0.25) is 11.8 Å². The van der Waals surface area contributed by atoms with Gasteiger partial charge < -0.3 is 10.2 Å². The fourth-order valence-electron chi connectivity index (χ4n) is 3.99. The SMILES string of the molecule is CC[C@H](C(=O)NC)N(Cc1ccc(Cl)cc1)C(=O)CN(c1cc(C(F)(F)F)ccc1Cl)S(=O)(=O)c1ccccc1. The summed E-state index contributed by atoms with van der Waals surface area (Å²) in [6, 6.07) is 14.6. The van der Waals surface area contributed by atoms with Gasteiger partial charge in [0.15, 0.2) is 0 Å². The van der Waals surface area contributed by atoms with E-state index in [1.807, 2.05) is 0 Å². The van der Waals surface area contributed by atoms with E-state index in [1.54, 1.807) is 37.3 Å². The molecule has 0 spiro atoms. The smallest absolute Gasteiger partial charge is 0.357 e. The number of carbonyl (C=O) groups is 2. The molecule has 0 saturated carbocycles. The second kappa shape index (κ2) is 12.9. The molecule has 0 aliphatic carbocycles. The fourth-order valence-corrected chi connectivity index (χ4v) is 5.83. The number of nitrogens with zero attached hydrogens (tertiary/aromatic N) is 2. The number of carbonyl (C=O) groups excluding carboxylic acids is 2. The standard InChI is InChI=1S/C27H26Cl2F3N3O4S/c1-3-23(26(37)33-2)34(16-18-9-12-20(28)13-10-18)25(36)17-35(40(38,39)21-7-5-4-6-8-21)24-15-19(27(30,31)32)11-14-22(24)29/h4-15,23H,3,16-17H2,1-2H3,(H,33,37)/t23-/m1/s1. The van der Waals surface area contributed by atoms with Gasteiger partial charge in [0.25, 0.3) is 10.0 Å². The molecular weight excluding hydrogens is 590 g/mol. The molecule has 0 bridgehead atoms. The minimum Gasteiger partial charge on any atom is -0.357 e. The summed E-state index contributed by atoms with van der Waals surface area (Å²) in [5.41, 5.74) is -1.09. The molecule has 0 heterocycles. The maximum Gasteiger partial charge on any atom is 0.416 e. The normalized spacial score (nSPS) is 12.5. The maximum atomic E-state index is 13.8. The van der Waals surface area contributed by atoms with E-state index >= 15 is 0 Å². The second-order valence-electron chi connectivity index (χ2n) is 8.68. The van der Waals surface area contributed by atoms with E-state index in [0.717, 1.165) is 6.07 Å². The van der Waals surface area contributed by atoms with Gasteiger partial charge in [-0.1, -0.05) is 60.5 Å². The van der Waals surface area contributed by atoms with Gasteiger partial charge in [-0.15, -0.1) is 0 Å². The van der Waals surface area contributed by atoms with Crippen LogP contribution in [0.1, 0.15) is 24.5 Å². The molecule has 3 rings (SSSR count). The van der Waals surface area contributed by atoms with Gasteiger partial charge in [0.1, 0.15) is 12.6 Å². The molecule has 13 heteroatoms. The molecule has 7 nitrogen and oxygen atoms in total. The Hall–Kier alpha value is -3.28. The summed E-state index contributed by atoms with van der Waals surface area (Å²) in [4.78, 5) is 27.5. The van der Waals surface area contributed by atoms with Crippen LogP contribution in [0.5, 0.6) is 0 Å². The van der Waals surface area contributed by atoms with Crippen molar-refractivity contribution in [2.75, 3.05) is 17.9 Å². The molecular formula is C27H26Cl2F3N3O4S. The molecule has 1 N–H and O–H groups in total. The van der Waals surface area contributed by atoms with Crippen LogP contribution in [-0.2, 0) is 32.3 Å². The van der Waals surface area contributed by atoms with E-state index in [0.29, 0.717) is 27.0 Å². The number of benzene rings is 3. The van der Waals surface area contributed by atoms with E-state index in [-0.39, 0.29) is 22.9 Å². The molecule has 1 atom stereocenters. The van der Waals surface area contributed by atoms with Gasteiger partial charge in [-0.2, -0.15) is 13.2 Å². The second-order valence-corrected chi connectivity index (χ2v) is 11.4. The van der Waals surface area contributed by atoms with E-state index in [4.69, 9.17) is 23.2 Å². The fraction of sp³-hybridized carbons (Fsp3) is 0.259. The van der Waals surface area contributed by atoms with E-state index in [2.05, 4.69) is 5.32 Å². The number of anilines is 1. The highest BCUT2D eigenvalue weighted by atomic mass is 35.5. The Balaban J connectivity index is 2.15. The minimum absolute atomic E-state index is 0.0997. The molecule has 3 aromatic carbocycles. The Morgan fingerprint density at radius 2 is 1.60 bits per heavy atom. The number of sulfonamides is 1. The third kappa shape index (κ3) is 7.26. The van der Waals surface area contributed by atoms with Crippen LogP contribution in [-0.4, -0.2) is 44.8 Å². The molecule has 0 radical (unpaired) electrons. The first-order valence-electron chi connectivity index (χ1n) is 12.0. The van der Waals surface area contributed by atoms with Crippen molar-refractivity contribution in [1.82, 2.24) is 10.2 Å². The predicted octanol–water partition coefficient (Wildman–Crippen LogP) is 5.76. The van der Waals surface area contributed by atoms with Gasteiger partial charge in [0.05, 0.1) is 21.2 Å². The van der Waals surface area contributed by atoms with Crippen LogP contribution >= 0.6 is 23.2 Å². The lowest BCUT2D eigenvalue weighted by Crippen LogP contribution is -2.51. The first kappa shape index (κ1) is 31.3. The third-order valence-electron chi connectivity index (χ3n) is 6.05. The third-order valence-corrected chi connectivity index (χ3v) is 8.40. The number of halogens is 5. The molecule has 214 valence electrons. The Labute approximate surface area is 240 Å². The Bertz CT molecular complexity index is 1450. The van der Waals surface area contributed by atoms with Crippen molar-refractivity contribution in [3.63, 3.8) is 0 Å². The summed E-state index contributed by atoms with van der Waals surface area (Å²) in [5, 5.41) is 2.62. The number of likely N-dealkylation sites (N-methyl/N-ethyl adjacent to an activating group) is 1. The van der Waals surface area contributed by atoms with Crippen molar-refractivity contribution in [1.29, 1.82) is 0 Å². The molecule has 0 fully saturated rings. The average Bonchev–Trinajstić information content (AvgIpc) is 2.92. The molecule has 0 aliphatic heterocycles. The summed E-state index contributed by atoms with van der Waals surface area (Å²) >= 11 is 12.2. The topological polar surface area (TPSA) is 86.8 Å². The van der Waals surface area contributed by atoms with Crippen LogP contribution in [0.4, 0.5) is 18.9 Å². The molecule has 0 aliphatic rings. The first-order valence-corrected chi connectivity index (χ1v) is 14.2. The molecule has 0 unspecified atom stereocenters. The zero-order valence-electron chi connectivity index (χ0n) is 21.5. The number of hydrogen-bond acceptors (Lipinski definition) is 4. The van der Waals surface area contributed by atoms with Crippen LogP contribution in [0.25, 0.3) is 0 Å². The number of alkyl halides is 3. The number of nitrogens with one attached hydrogen (secondary N) is 1. The Kier molecular flexibility index (Phi) is 10.1. The summed E-state index contributed by atoms with van der Waals surface area (Å²) < 4.78 is 68.8. The van der Waals surface area contributed by atoms with Crippen LogP contribution in [0.2, 0.25) is 10.0 Å². The summed E-state index contributed by atoms with van der Waals surface area (Å²) in [5.74, 6) is -1.34. The van der Waals surface area contributed by atoms with E-state index in [1.165, 1.54) is 36.2 Å². The van der Waals surface area contributed by atoms with Gasteiger partial charge >= 0.3 is 6.18 Å². The van der Waals surface area contributed by atoms with Crippen molar-refractivity contribution in [2.45, 2.75) is 37.0 Å². The Morgan fingerprint density at radius 3 is 2.15 bits per heavy atom. The van der Waals surface area contributed by atoms with Crippen molar-refractivity contribution in [3.8, 4) is 0 Å². The minimum atomic E-state index is -4.81. The molecule has 40 heavy (non-hydrogen) atoms. The van der Waals surface area contributed by atoms with Crippen molar-refractivity contribution < 1.29 is 31.2 Å². The van der Waals surface area contributed by atoms with Crippen LogP contribution in [0.3, 0.4) is 0 Å². The molecule has 0 saturated heterocycles. The van der Waals surface area contributed by atoms with Gasteiger partial charge in [-0.05, 0) is 54.4 Å². The number of amides is 2. The van der Waals surface area contributed by atoms with Crippen LogP contribution in [0, 0.1) is 0 Å². The largest absolute Gasteiger partial charge is 0.416 e. The highest BCUT2D eigenvalue weighted by Crippen LogP contribution is 2.37. The lowest BCUT2D eigenvalue weighted by molar-refractivity contribution is -0.140. The van der Waals surface area contributed by atoms with Crippen molar-refractivity contribution >= 4 is 50.7 Å². The lowest BCUT2D eigenvalue weighted by atomic mass is 10.1. The summed E-state index contributed by atoms with van der Waals surface area (Å²) in [6.45, 7) is 0.640. The van der Waals surface area contributed by atoms with E-state index in [9.17, 15) is 31.2 Å². The summed E-state index contributed by atoms with van der Waals surface area (Å²) in [7, 11) is -3.19. The quantitative estimate of drug-likeness (QED) is 0.314. The van der Waals surface area contributed by atoms with E-state index < -0.39 is 51.9 Å². The van der Waals surface area contributed by atoms with Crippen molar-refractivity contribution in [3.05, 3.63) is 94.0 Å². The molecule has 2 amide bonds. The van der Waals surface area contributed by atoms with Gasteiger partial charge in [-0.25, -0.2) is 8.42 Å². The van der Waals surface area contributed by atoms with Gasteiger partial charge in [-0.3, -0.25) is 13.9 Å². The number of hydrogen-bond donors (Lipinski definition) is 1. The number of rotatable bonds is 10. The Morgan fingerprint density at radius 1 is 0.975 bits per heavy atom. The zero-order valence-corrected chi connectivity index (χ0v) is 23.8. The highest BCUT2D eigenvalue weighted by Gasteiger charge is 2.36. The summed E-state index contributed by atoms with van der Waals surface area (Å²) in [6.07, 6.45) is -4.63. The van der Waals surface area contributed by atoms with Gasteiger partial charge in [0, 0.05) is 18.6 Å². The monoisotopic (exact) mass is 615 g/mol. The predicted molar refractivity (Wildman–Crippen MR) is 148 cm³/mol. The van der Waals surface area contributed by atoms with Crippen LogP contribution < -0.4 is 9.62 Å².